The van der Waals surface area contributed by atoms with E-state index in [4.69, 9.17) is 4.74 Å². The summed E-state index contributed by atoms with van der Waals surface area (Å²) < 4.78 is 5.01. The van der Waals surface area contributed by atoms with Crippen LogP contribution in [0.2, 0.25) is 0 Å². The number of nitrogens with one attached hydrogen (secondary N) is 2. The van der Waals surface area contributed by atoms with Crippen molar-refractivity contribution in [1.82, 2.24) is 5.43 Å². The first-order valence-electron chi connectivity index (χ1n) is 6.93. The number of hydrazone groups is 1. The molecule has 0 spiro atoms. The molecule has 0 atom stereocenters. The summed E-state index contributed by atoms with van der Waals surface area (Å²) in [5, 5.41) is 6.22. The maximum Gasteiger partial charge on any atom is 0.329 e. The van der Waals surface area contributed by atoms with Crippen LogP contribution in [0.3, 0.4) is 0 Å². The first-order chi connectivity index (χ1) is 11.1. The summed E-state index contributed by atoms with van der Waals surface area (Å²) in [5.41, 5.74) is 4.63. The molecule has 6 nitrogen and oxygen atoms in total. The number of methoxy groups -OCH3 is 1. The van der Waals surface area contributed by atoms with Crippen molar-refractivity contribution in [3.63, 3.8) is 0 Å². The number of anilines is 1. The highest BCUT2D eigenvalue weighted by atomic mass is 16.5. The molecule has 0 aliphatic carbocycles. The maximum atomic E-state index is 11.7. The lowest BCUT2D eigenvalue weighted by Crippen LogP contribution is -2.32. The SMILES string of the molecule is COc1ccc(NC(=O)C(=O)N/N=C/c2ccc(C)cc2)cc1. The van der Waals surface area contributed by atoms with Crippen LogP contribution in [0.5, 0.6) is 5.75 Å². The molecule has 2 N–H and O–H groups in total. The lowest BCUT2D eigenvalue weighted by molar-refractivity contribution is -0.136. The van der Waals surface area contributed by atoms with E-state index in [0.717, 1.165) is 11.1 Å². The average molecular weight is 311 g/mol. The molecule has 2 rings (SSSR count). The number of hydrogen-bond acceptors (Lipinski definition) is 4. The molecule has 0 unspecified atom stereocenters. The van der Waals surface area contributed by atoms with Gasteiger partial charge < -0.3 is 10.1 Å². The molecule has 0 aromatic heterocycles. The predicted octanol–water partition coefficient (Wildman–Crippen LogP) is 2.09. The second-order valence-electron chi connectivity index (χ2n) is 4.79. The summed E-state index contributed by atoms with van der Waals surface area (Å²) in [6, 6.07) is 14.2. The van der Waals surface area contributed by atoms with Crippen LogP contribution in [-0.4, -0.2) is 25.1 Å². The monoisotopic (exact) mass is 311 g/mol. The molecule has 2 aromatic rings. The van der Waals surface area contributed by atoms with Crippen molar-refractivity contribution in [2.75, 3.05) is 12.4 Å². The fraction of sp³-hybridized carbons (Fsp3) is 0.118. The van der Waals surface area contributed by atoms with Gasteiger partial charge in [0.2, 0.25) is 0 Å². The van der Waals surface area contributed by atoms with E-state index in [9.17, 15) is 9.59 Å². The molecule has 0 aliphatic rings. The highest BCUT2D eigenvalue weighted by Gasteiger charge is 2.12. The summed E-state index contributed by atoms with van der Waals surface area (Å²) in [4.78, 5) is 23.4. The van der Waals surface area contributed by atoms with Crippen molar-refractivity contribution in [2.24, 2.45) is 5.10 Å². The standard InChI is InChI=1S/C17H17N3O3/c1-12-3-5-13(6-4-12)11-18-20-17(22)16(21)19-14-7-9-15(23-2)10-8-14/h3-11H,1-2H3,(H,19,21)(H,20,22)/b18-11+. The van der Waals surface area contributed by atoms with Crippen molar-refractivity contribution < 1.29 is 14.3 Å². The molecule has 2 aromatic carbocycles. The Bertz CT molecular complexity index is 707. The first kappa shape index (κ1) is 16.2. The molecule has 0 heterocycles. The zero-order valence-electron chi connectivity index (χ0n) is 12.9. The molecular weight excluding hydrogens is 294 g/mol. The van der Waals surface area contributed by atoms with Gasteiger partial charge in [-0.25, -0.2) is 5.43 Å². The number of amides is 2. The number of aryl methyl sites for hydroxylation is 1. The Hall–Kier alpha value is -3.15. The van der Waals surface area contributed by atoms with Crippen molar-refractivity contribution in [1.29, 1.82) is 0 Å². The Balaban J connectivity index is 1.86. The third-order valence-electron chi connectivity index (χ3n) is 3.01. The highest BCUT2D eigenvalue weighted by molar-refractivity contribution is 6.39. The van der Waals surface area contributed by atoms with Gasteiger partial charge >= 0.3 is 11.8 Å². The minimum absolute atomic E-state index is 0.494. The molecule has 0 fully saturated rings. The summed E-state index contributed by atoms with van der Waals surface area (Å²) in [6.45, 7) is 1.98. The van der Waals surface area contributed by atoms with Gasteiger partial charge in [0, 0.05) is 5.69 Å². The molecule has 6 heteroatoms. The Kier molecular flexibility index (Phi) is 5.46. The van der Waals surface area contributed by atoms with E-state index in [1.54, 1.807) is 31.4 Å². The summed E-state index contributed by atoms with van der Waals surface area (Å²) >= 11 is 0. The van der Waals surface area contributed by atoms with Crippen LogP contribution in [-0.2, 0) is 9.59 Å². The molecule has 118 valence electrons. The van der Waals surface area contributed by atoms with Gasteiger partial charge in [-0.2, -0.15) is 5.10 Å². The van der Waals surface area contributed by atoms with Gasteiger partial charge in [0.25, 0.3) is 0 Å². The Morgan fingerprint density at radius 1 is 1.00 bits per heavy atom. The Morgan fingerprint density at radius 3 is 2.26 bits per heavy atom. The number of hydrogen-bond donors (Lipinski definition) is 2. The maximum absolute atomic E-state index is 11.7. The van der Waals surface area contributed by atoms with Crippen LogP contribution in [0.4, 0.5) is 5.69 Å². The van der Waals surface area contributed by atoms with E-state index in [2.05, 4.69) is 15.8 Å². The van der Waals surface area contributed by atoms with Gasteiger partial charge in [-0.1, -0.05) is 29.8 Å². The third-order valence-corrected chi connectivity index (χ3v) is 3.01. The van der Waals surface area contributed by atoms with E-state index in [-0.39, 0.29) is 0 Å². The lowest BCUT2D eigenvalue weighted by atomic mass is 10.2. The van der Waals surface area contributed by atoms with Gasteiger partial charge in [-0.05, 0) is 36.8 Å². The fourth-order valence-corrected chi connectivity index (χ4v) is 1.73. The van der Waals surface area contributed by atoms with E-state index in [1.807, 2.05) is 31.2 Å². The topological polar surface area (TPSA) is 79.8 Å². The third kappa shape index (κ3) is 4.96. The van der Waals surface area contributed by atoms with Crippen LogP contribution < -0.4 is 15.5 Å². The normalized spacial score (nSPS) is 10.3. The van der Waals surface area contributed by atoms with E-state index < -0.39 is 11.8 Å². The van der Waals surface area contributed by atoms with Crippen molar-refractivity contribution >= 4 is 23.7 Å². The Morgan fingerprint density at radius 2 is 1.65 bits per heavy atom. The van der Waals surface area contributed by atoms with Crippen LogP contribution in [0.25, 0.3) is 0 Å². The molecule has 0 saturated heterocycles. The molecular formula is C17H17N3O3. The van der Waals surface area contributed by atoms with E-state index in [1.165, 1.54) is 6.21 Å². The summed E-state index contributed by atoms with van der Waals surface area (Å²) in [7, 11) is 1.55. The van der Waals surface area contributed by atoms with Crippen molar-refractivity contribution in [3.8, 4) is 5.75 Å². The van der Waals surface area contributed by atoms with Gasteiger partial charge in [-0.3, -0.25) is 9.59 Å². The van der Waals surface area contributed by atoms with Crippen molar-refractivity contribution in [3.05, 3.63) is 59.7 Å². The minimum Gasteiger partial charge on any atom is -0.497 e. The van der Waals surface area contributed by atoms with Gasteiger partial charge in [0.1, 0.15) is 5.75 Å². The van der Waals surface area contributed by atoms with Crippen LogP contribution >= 0.6 is 0 Å². The molecule has 23 heavy (non-hydrogen) atoms. The lowest BCUT2D eigenvalue weighted by Gasteiger charge is -2.05. The smallest absolute Gasteiger partial charge is 0.329 e. The van der Waals surface area contributed by atoms with Crippen LogP contribution in [0.1, 0.15) is 11.1 Å². The van der Waals surface area contributed by atoms with Crippen LogP contribution in [0, 0.1) is 6.92 Å². The number of carbonyl (C=O) groups is 2. The summed E-state index contributed by atoms with van der Waals surface area (Å²) in [5.74, 6) is -0.976. The average Bonchev–Trinajstić information content (AvgIpc) is 2.57. The molecule has 0 bridgehead atoms. The fourth-order valence-electron chi connectivity index (χ4n) is 1.73. The minimum atomic E-state index is -0.843. The number of rotatable bonds is 4. The van der Waals surface area contributed by atoms with Crippen molar-refractivity contribution in [2.45, 2.75) is 6.92 Å². The zero-order valence-corrected chi connectivity index (χ0v) is 12.9. The number of carbonyl (C=O) groups excluding carboxylic acids is 2. The zero-order chi connectivity index (χ0) is 16.7. The van der Waals surface area contributed by atoms with Gasteiger partial charge in [0.15, 0.2) is 0 Å². The van der Waals surface area contributed by atoms with Gasteiger partial charge in [0.05, 0.1) is 13.3 Å². The highest BCUT2D eigenvalue weighted by Crippen LogP contribution is 2.14. The number of nitrogens with zero attached hydrogens (tertiary/aromatic N) is 1. The number of benzene rings is 2. The summed E-state index contributed by atoms with van der Waals surface area (Å²) in [6.07, 6.45) is 1.47. The second kappa shape index (κ2) is 7.74. The predicted molar refractivity (Wildman–Crippen MR) is 88.5 cm³/mol. The molecule has 2 amide bonds. The quantitative estimate of drug-likeness (QED) is 0.515. The largest absolute Gasteiger partial charge is 0.497 e. The van der Waals surface area contributed by atoms with E-state index >= 15 is 0 Å². The number of ether oxygens (including phenoxy) is 1. The van der Waals surface area contributed by atoms with E-state index in [0.29, 0.717) is 11.4 Å². The van der Waals surface area contributed by atoms with Crippen LogP contribution in [0.15, 0.2) is 53.6 Å². The molecule has 0 aliphatic heterocycles. The molecule has 0 saturated carbocycles. The molecule has 0 radical (unpaired) electrons. The second-order valence-corrected chi connectivity index (χ2v) is 4.79. The first-order valence-corrected chi connectivity index (χ1v) is 6.93. The Labute approximate surface area is 134 Å². The van der Waals surface area contributed by atoms with Gasteiger partial charge in [-0.15, -0.1) is 0 Å².